The molecule has 0 radical (unpaired) electrons. The summed E-state index contributed by atoms with van der Waals surface area (Å²) in [5.74, 6) is 0.967. The molecule has 0 aliphatic rings. The highest BCUT2D eigenvalue weighted by Gasteiger charge is 2.06. The van der Waals surface area contributed by atoms with Gasteiger partial charge in [-0.2, -0.15) is 5.26 Å². The molecule has 0 fully saturated rings. The van der Waals surface area contributed by atoms with Crippen LogP contribution in [0.3, 0.4) is 0 Å². The number of benzene rings is 2. The zero-order chi connectivity index (χ0) is 15.5. The maximum atomic E-state index is 8.58. The van der Waals surface area contributed by atoms with Crippen molar-refractivity contribution >= 4 is 0 Å². The summed E-state index contributed by atoms with van der Waals surface area (Å²) >= 11 is 0. The summed E-state index contributed by atoms with van der Waals surface area (Å²) in [5, 5.41) is 24.3. The monoisotopic (exact) mass is 277 g/mol. The lowest BCUT2D eigenvalue weighted by Crippen LogP contribution is -1.87. The fourth-order valence-electron chi connectivity index (χ4n) is 1.60. The van der Waals surface area contributed by atoms with Gasteiger partial charge in [-0.05, 0) is 23.8 Å². The lowest BCUT2D eigenvalue weighted by atomic mass is 10.0. The quantitative estimate of drug-likeness (QED) is 0.799. The molecule has 0 aromatic heterocycles. The number of rotatable bonds is 3. The molecule has 2 rings (SSSR count). The van der Waals surface area contributed by atoms with Crippen molar-refractivity contribution in [2.75, 3.05) is 0 Å². The third kappa shape index (κ3) is 4.59. The van der Waals surface area contributed by atoms with Crippen LogP contribution in [-0.4, -0.2) is 0 Å². The van der Waals surface area contributed by atoms with Crippen molar-refractivity contribution in [3.63, 3.8) is 0 Å². The van der Waals surface area contributed by atoms with Crippen molar-refractivity contribution in [2.45, 2.75) is 6.92 Å². The summed E-state index contributed by atoms with van der Waals surface area (Å²) in [6.45, 7) is 1.43. The van der Waals surface area contributed by atoms with E-state index in [1.807, 2.05) is 12.1 Å². The second-order valence-electron chi connectivity index (χ2n) is 3.63. The molecule has 102 valence electrons. The molecule has 0 heterocycles. The van der Waals surface area contributed by atoms with Gasteiger partial charge < -0.3 is 9.47 Å². The molecular weight excluding hydrogens is 266 g/mol. The van der Waals surface area contributed by atoms with Crippen LogP contribution in [0.4, 0.5) is 0 Å². The lowest BCUT2D eigenvalue weighted by Gasteiger charge is -2.06. The van der Waals surface area contributed by atoms with E-state index in [1.54, 1.807) is 55.0 Å². The second kappa shape index (κ2) is 8.58. The van der Waals surface area contributed by atoms with Gasteiger partial charge in [-0.1, -0.05) is 30.3 Å². The van der Waals surface area contributed by atoms with E-state index in [9.17, 15) is 0 Å². The van der Waals surface area contributed by atoms with Crippen molar-refractivity contribution in [1.29, 1.82) is 15.8 Å². The predicted molar refractivity (Wildman–Crippen MR) is 75.6 cm³/mol. The molecule has 0 aliphatic heterocycles. The van der Waals surface area contributed by atoms with Gasteiger partial charge in [0, 0.05) is 12.5 Å². The van der Waals surface area contributed by atoms with Crippen LogP contribution in [0.2, 0.25) is 0 Å². The Morgan fingerprint density at radius 2 is 1.38 bits per heavy atom. The molecule has 0 saturated heterocycles. The van der Waals surface area contributed by atoms with Crippen LogP contribution in [0, 0.1) is 34.4 Å². The fraction of sp³-hybridized carbons (Fsp3) is 0.0625. The summed E-state index contributed by atoms with van der Waals surface area (Å²) in [6, 6.07) is 15.9. The van der Waals surface area contributed by atoms with Crippen molar-refractivity contribution in [3.05, 3.63) is 48.5 Å². The molecular formula is C16H11N3O2. The highest BCUT2D eigenvalue weighted by molar-refractivity contribution is 5.71. The molecule has 0 aliphatic carbocycles. The molecule has 0 atom stereocenters. The highest BCUT2D eigenvalue weighted by atomic mass is 16.5. The fourth-order valence-corrected chi connectivity index (χ4v) is 1.60. The number of hydrogen-bond donors (Lipinski definition) is 0. The number of nitriles is 3. The topological polar surface area (TPSA) is 89.8 Å². The van der Waals surface area contributed by atoms with E-state index in [1.165, 1.54) is 6.92 Å². The smallest absolute Gasteiger partial charge is 0.292 e. The van der Waals surface area contributed by atoms with E-state index < -0.39 is 0 Å². The van der Waals surface area contributed by atoms with Gasteiger partial charge in [-0.15, -0.1) is 10.5 Å². The van der Waals surface area contributed by atoms with Gasteiger partial charge in [-0.3, -0.25) is 0 Å². The molecule has 0 unspecified atom stereocenters. The number of para-hydroxylation sites is 1. The summed E-state index contributed by atoms with van der Waals surface area (Å²) in [6.07, 6.45) is 3.27. The van der Waals surface area contributed by atoms with Crippen LogP contribution < -0.4 is 9.47 Å². The van der Waals surface area contributed by atoms with Crippen molar-refractivity contribution in [3.8, 4) is 41.2 Å². The van der Waals surface area contributed by atoms with Crippen LogP contribution in [0.15, 0.2) is 48.5 Å². The van der Waals surface area contributed by atoms with E-state index in [2.05, 4.69) is 0 Å². The van der Waals surface area contributed by atoms with Crippen molar-refractivity contribution < 1.29 is 9.47 Å². The summed E-state index contributed by atoms with van der Waals surface area (Å²) in [7, 11) is 0. The average Bonchev–Trinajstić information content (AvgIpc) is 2.50. The van der Waals surface area contributed by atoms with E-state index in [0.717, 1.165) is 11.1 Å². The molecule has 0 spiro atoms. The minimum Gasteiger partial charge on any atom is -0.388 e. The van der Waals surface area contributed by atoms with Gasteiger partial charge in [0.1, 0.15) is 11.5 Å². The Morgan fingerprint density at radius 3 is 1.95 bits per heavy atom. The van der Waals surface area contributed by atoms with Crippen LogP contribution in [0.25, 0.3) is 11.1 Å². The van der Waals surface area contributed by atoms with Crippen LogP contribution in [-0.2, 0) is 0 Å². The number of ether oxygens (including phenoxy) is 2. The van der Waals surface area contributed by atoms with E-state index in [-0.39, 0.29) is 0 Å². The molecule has 2 aromatic rings. The third-order valence-electron chi connectivity index (χ3n) is 2.37. The summed E-state index contributed by atoms with van der Waals surface area (Å²) < 4.78 is 9.59. The Kier molecular flexibility index (Phi) is 6.36. The minimum absolute atomic E-state index is 0.472. The molecule has 0 bridgehead atoms. The van der Waals surface area contributed by atoms with E-state index in [0.29, 0.717) is 11.5 Å². The first kappa shape index (κ1) is 15.6. The maximum Gasteiger partial charge on any atom is 0.292 e. The van der Waals surface area contributed by atoms with Crippen LogP contribution in [0.1, 0.15) is 6.92 Å². The van der Waals surface area contributed by atoms with Gasteiger partial charge in [0.25, 0.3) is 12.5 Å². The average molecular weight is 277 g/mol. The Morgan fingerprint density at radius 1 is 0.810 bits per heavy atom. The molecule has 21 heavy (non-hydrogen) atoms. The van der Waals surface area contributed by atoms with Gasteiger partial charge in [-0.25, -0.2) is 0 Å². The number of hydrogen-bond acceptors (Lipinski definition) is 5. The Hall–Kier alpha value is -3.49. The SMILES string of the molecule is CC#N.N#COc1ccc(-c2ccccc2OC#N)cc1. The summed E-state index contributed by atoms with van der Waals surface area (Å²) in [4.78, 5) is 0. The van der Waals surface area contributed by atoms with Gasteiger partial charge in [0.2, 0.25) is 0 Å². The van der Waals surface area contributed by atoms with Crippen molar-refractivity contribution in [2.24, 2.45) is 0 Å². The van der Waals surface area contributed by atoms with Gasteiger partial charge in [0.15, 0.2) is 0 Å². The number of nitrogens with zero attached hydrogens (tertiary/aromatic N) is 3. The summed E-state index contributed by atoms with van der Waals surface area (Å²) in [5.41, 5.74) is 1.69. The third-order valence-corrected chi connectivity index (χ3v) is 2.37. The van der Waals surface area contributed by atoms with Crippen LogP contribution >= 0.6 is 0 Å². The van der Waals surface area contributed by atoms with E-state index >= 15 is 0 Å². The molecule has 0 N–H and O–H groups in total. The van der Waals surface area contributed by atoms with E-state index in [4.69, 9.17) is 25.3 Å². The van der Waals surface area contributed by atoms with Crippen LogP contribution in [0.5, 0.6) is 11.5 Å². The van der Waals surface area contributed by atoms with Crippen molar-refractivity contribution in [1.82, 2.24) is 0 Å². The Labute approximate surface area is 122 Å². The van der Waals surface area contributed by atoms with Gasteiger partial charge >= 0.3 is 0 Å². The first-order valence-electron chi connectivity index (χ1n) is 5.89. The minimum atomic E-state index is 0.472. The first-order valence-corrected chi connectivity index (χ1v) is 5.89. The predicted octanol–water partition coefficient (Wildman–Crippen LogP) is 3.60. The standard InChI is InChI=1S/C14H8N2O2.C2H3N/c15-9-17-12-7-5-11(6-8-12)13-3-1-2-4-14(13)18-10-16;1-2-3/h1-8H;1H3. The first-order chi connectivity index (χ1) is 10.3. The zero-order valence-electron chi connectivity index (χ0n) is 11.3. The Balaban J connectivity index is 0.000000677. The molecule has 2 aromatic carbocycles. The molecule has 0 saturated carbocycles. The molecule has 5 nitrogen and oxygen atoms in total. The Bertz CT molecular complexity index is 704. The zero-order valence-corrected chi connectivity index (χ0v) is 11.3. The lowest BCUT2D eigenvalue weighted by molar-refractivity contribution is 0.506. The second-order valence-corrected chi connectivity index (χ2v) is 3.63. The normalized spacial score (nSPS) is 8.10. The maximum absolute atomic E-state index is 8.58. The largest absolute Gasteiger partial charge is 0.388 e. The molecule has 0 amide bonds. The highest BCUT2D eigenvalue weighted by Crippen LogP contribution is 2.30. The molecule has 5 heteroatoms. The van der Waals surface area contributed by atoms with Gasteiger partial charge in [0.05, 0.1) is 6.07 Å².